The summed E-state index contributed by atoms with van der Waals surface area (Å²) in [5.41, 5.74) is 1.12. The second-order valence-electron chi connectivity index (χ2n) is 4.68. The fourth-order valence-corrected chi connectivity index (χ4v) is 2.31. The second kappa shape index (κ2) is 4.89. The molecule has 0 fully saturated rings. The van der Waals surface area contributed by atoms with E-state index in [0.29, 0.717) is 6.04 Å². The Morgan fingerprint density at radius 3 is 3.28 bits per heavy atom. The van der Waals surface area contributed by atoms with Crippen LogP contribution < -0.4 is 5.32 Å². The van der Waals surface area contributed by atoms with Crippen molar-refractivity contribution in [3.63, 3.8) is 0 Å². The van der Waals surface area contributed by atoms with Gasteiger partial charge in [-0.15, -0.1) is 0 Å². The summed E-state index contributed by atoms with van der Waals surface area (Å²) in [5, 5.41) is 14.9. The van der Waals surface area contributed by atoms with Gasteiger partial charge in [0.15, 0.2) is 5.82 Å². The SMILES string of the molecule is CCc1nc2n(n1)CC(NCc1ccn[nH]1)CC2. The van der Waals surface area contributed by atoms with Crippen LogP contribution >= 0.6 is 0 Å². The highest BCUT2D eigenvalue weighted by atomic mass is 15.4. The Morgan fingerprint density at radius 1 is 1.56 bits per heavy atom. The number of H-pyrrole nitrogens is 1. The Balaban J connectivity index is 1.60. The Hall–Kier alpha value is -1.69. The first-order chi connectivity index (χ1) is 8.85. The van der Waals surface area contributed by atoms with E-state index in [1.54, 1.807) is 6.20 Å². The van der Waals surface area contributed by atoms with E-state index in [1.807, 2.05) is 10.7 Å². The predicted octanol–water partition coefficient (Wildman–Crippen LogP) is 0.668. The van der Waals surface area contributed by atoms with E-state index >= 15 is 0 Å². The normalized spacial score (nSPS) is 18.8. The molecule has 96 valence electrons. The summed E-state index contributed by atoms with van der Waals surface area (Å²) in [6.45, 7) is 3.83. The lowest BCUT2D eigenvalue weighted by Crippen LogP contribution is -2.37. The van der Waals surface area contributed by atoms with Crippen molar-refractivity contribution in [2.24, 2.45) is 0 Å². The second-order valence-corrected chi connectivity index (χ2v) is 4.68. The number of aromatic nitrogens is 5. The fraction of sp³-hybridized carbons (Fsp3) is 0.583. The van der Waals surface area contributed by atoms with Crippen molar-refractivity contribution in [1.82, 2.24) is 30.3 Å². The summed E-state index contributed by atoms with van der Waals surface area (Å²) >= 11 is 0. The van der Waals surface area contributed by atoms with Gasteiger partial charge in [-0.25, -0.2) is 9.67 Å². The first-order valence-corrected chi connectivity index (χ1v) is 6.49. The van der Waals surface area contributed by atoms with Crippen LogP contribution in [0.4, 0.5) is 0 Å². The molecular weight excluding hydrogens is 228 g/mol. The number of hydrogen-bond donors (Lipinski definition) is 2. The Morgan fingerprint density at radius 2 is 2.50 bits per heavy atom. The topological polar surface area (TPSA) is 71.4 Å². The van der Waals surface area contributed by atoms with Crippen LogP contribution in [0.3, 0.4) is 0 Å². The summed E-state index contributed by atoms with van der Waals surface area (Å²) in [6.07, 6.45) is 4.82. The Labute approximate surface area is 106 Å². The Kier molecular flexibility index (Phi) is 3.10. The highest BCUT2D eigenvalue weighted by Gasteiger charge is 2.20. The summed E-state index contributed by atoms with van der Waals surface area (Å²) in [5.74, 6) is 2.09. The van der Waals surface area contributed by atoms with Gasteiger partial charge in [0.1, 0.15) is 5.82 Å². The summed E-state index contributed by atoms with van der Waals surface area (Å²) < 4.78 is 2.05. The fourth-order valence-electron chi connectivity index (χ4n) is 2.31. The monoisotopic (exact) mass is 246 g/mol. The smallest absolute Gasteiger partial charge is 0.150 e. The molecule has 0 saturated heterocycles. The number of nitrogens with zero attached hydrogens (tertiary/aromatic N) is 4. The molecule has 6 nitrogen and oxygen atoms in total. The van der Waals surface area contributed by atoms with E-state index in [9.17, 15) is 0 Å². The van der Waals surface area contributed by atoms with E-state index in [-0.39, 0.29) is 0 Å². The lowest BCUT2D eigenvalue weighted by atomic mass is 10.1. The summed E-state index contributed by atoms with van der Waals surface area (Å²) in [7, 11) is 0. The molecule has 1 unspecified atom stereocenters. The molecule has 2 N–H and O–H groups in total. The van der Waals surface area contributed by atoms with Gasteiger partial charge in [0.25, 0.3) is 0 Å². The van der Waals surface area contributed by atoms with Crippen LogP contribution in [-0.2, 0) is 25.9 Å². The molecule has 0 bridgehead atoms. The minimum absolute atomic E-state index is 0.465. The van der Waals surface area contributed by atoms with Crippen molar-refractivity contribution in [2.75, 3.05) is 0 Å². The van der Waals surface area contributed by atoms with Crippen molar-refractivity contribution in [2.45, 2.75) is 45.3 Å². The van der Waals surface area contributed by atoms with Gasteiger partial charge in [-0.2, -0.15) is 10.2 Å². The minimum Gasteiger partial charge on any atom is -0.307 e. The molecular formula is C12H18N6. The van der Waals surface area contributed by atoms with Crippen LogP contribution in [0.1, 0.15) is 30.7 Å². The molecule has 1 aliphatic heterocycles. The van der Waals surface area contributed by atoms with E-state index in [0.717, 1.165) is 49.7 Å². The maximum Gasteiger partial charge on any atom is 0.150 e. The van der Waals surface area contributed by atoms with Crippen LogP contribution in [0.5, 0.6) is 0 Å². The van der Waals surface area contributed by atoms with Crippen LogP contribution in [0, 0.1) is 0 Å². The van der Waals surface area contributed by atoms with Crippen molar-refractivity contribution >= 4 is 0 Å². The van der Waals surface area contributed by atoms with Crippen molar-refractivity contribution in [3.8, 4) is 0 Å². The lowest BCUT2D eigenvalue weighted by molar-refractivity contribution is 0.356. The third-order valence-electron chi connectivity index (χ3n) is 3.36. The van der Waals surface area contributed by atoms with Crippen LogP contribution in [0.25, 0.3) is 0 Å². The molecule has 0 aliphatic carbocycles. The zero-order valence-corrected chi connectivity index (χ0v) is 10.6. The molecule has 1 aliphatic rings. The predicted molar refractivity (Wildman–Crippen MR) is 66.9 cm³/mol. The maximum absolute atomic E-state index is 4.52. The largest absolute Gasteiger partial charge is 0.307 e. The van der Waals surface area contributed by atoms with E-state index in [1.165, 1.54) is 0 Å². The first-order valence-electron chi connectivity index (χ1n) is 6.49. The van der Waals surface area contributed by atoms with E-state index < -0.39 is 0 Å². The number of aromatic amines is 1. The van der Waals surface area contributed by atoms with Gasteiger partial charge >= 0.3 is 0 Å². The van der Waals surface area contributed by atoms with Crippen molar-refractivity contribution in [1.29, 1.82) is 0 Å². The van der Waals surface area contributed by atoms with Gasteiger partial charge in [0, 0.05) is 37.3 Å². The molecule has 18 heavy (non-hydrogen) atoms. The summed E-state index contributed by atoms with van der Waals surface area (Å²) in [6, 6.07) is 2.46. The van der Waals surface area contributed by atoms with Gasteiger partial charge in [-0.05, 0) is 12.5 Å². The van der Waals surface area contributed by atoms with Gasteiger partial charge in [0.05, 0.1) is 6.54 Å². The van der Waals surface area contributed by atoms with Gasteiger partial charge in [-0.3, -0.25) is 5.10 Å². The molecule has 3 rings (SSSR count). The van der Waals surface area contributed by atoms with Gasteiger partial charge in [0.2, 0.25) is 0 Å². The third-order valence-corrected chi connectivity index (χ3v) is 3.36. The molecule has 2 aromatic heterocycles. The molecule has 3 heterocycles. The standard InChI is InChI=1S/C12H18N6/c1-2-11-15-12-4-3-10(8-18(12)17-11)13-7-9-5-6-14-16-9/h5-6,10,13H,2-4,7-8H2,1H3,(H,14,16). The zero-order chi connectivity index (χ0) is 12.4. The third kappa shape index (κ3) is 2.28. The zero-order valence-electron chi connectivity index (χ0n) is 10.6. The van der Waals surface area contributed by atoms with E-state index in [2.05, 4.69) is 32.5 Å². The van der Waals surface area contributed by atoms with Crippen molar-refractivity contribution < 1.29 is 0 Å². The molecule has 0 radical (unpaired) electrons. The highest BCUT2D eigenvalue weighted by Crippen LogP contribution is 2.13. The number of nitrogens with one attached hydrogen (secondary N) is 2. The molecule has 0 spiro atoms. The summed E-state index contributed by atoms with van der Waals surface area (Å²) in [4.78, 5) is 4.52. The van der Waals surface area contributed by atoms with Crippen LogP contribution in [0.2, 0.25) is 0 Å². The minimum atomic E-state index is 0.465. The van der Waals surface area contributed by atoms with Gasteiger partial charge < -0.3 is 5.32 Å². The van der Waals surface area contributed by atoms with Crippen LogP contribution in [0.15, 0.2) is 12.3 Å². The highest BCUT2D eigenvalue weighted by molar-refractivity contribution is 5.00. The van der Waals surface area contributed by atoms with Crippen LogP contribution in [-0.4, -0.2) is 31.0 Å². The quantitative estimate of drug-likeness (QED) is 0.831. The molecule has 6 heteroatoms. The number of rotatable bonds is 4. The van der Waals surface area contributed by atoms with Crippen molar-refractivity contribution in [3.05, 3.63) is 29.6 Å². The lowest BCUT2D eigenvalue weighted by Gasteiger charge is -2.23. The maximum atomic E-state index is 4.52. The van der Waals surface area contributed by atoms with Gasteiger partial charge in [-0.1, -0.05) is 6.92 Å². The Bertz CT molecular complexity index is 501. The average molecular weight is 246 g/mol. The molecule has 0 amide bonds. The molecule has 2 aromatic rings. The average Bonchev–Trinajstić information content (AvgIpc) is 3.04. The number of hydrogen-bond acceptors (Lipinski definition) is 4. The number of fused-ring (bicyclic) bond motifs is 1. The molecule has 1 atom stereocenters. The van der Waals surface area contributed by atoms with E-state index in [4.69, 9.17) is 0 Å². The molecule has 0 saturated carbocycles. The molecule has 0 aromatic carbocycles. The first kappa shape index (κ1) is 11.4. The number of aryl methyl sites for hydroxylation is 2.